The van der Waals surface area contributed by atoms with Crippen LogP contribution in [0, 0.1) is 5.82 Å². The number of ether oxygens (including phenoxy) is 2. The van der Waals surface area contributed by atoms with Crippen LogP contribution >= 0.6 is 0 Å². The van der Waals surface area contributed by atoms with E-state index in [-0.39, 0.29) is 24.8 Å². The number of alkyl carbamates (subject to hydrolysis) is 1. The minimum absolute atomic E-state index is 0.0308. The Morgan fingerprint density at radius 2 is 1.44 bits per heavy atom. The fourth-order valence-electron chi connectivity index (χ4n) is 2.95. The van der Waals surface area contributed by atoms with Gasteiger partial charge in [0, 0.05) is 12.5 Å². The summed E-state index contributed by atoms with van der Waals surface area (Å²) in [5, 5.41) is 2.53. The second kappa shape index (κ2) is 10.6. The molecule has 2 rings (SSSR count). The zero-order valence-electron chi connectivity index (χ0n) is 18.6. The number of carbonyl (C=O) groups excluding carboxylic acids is 1. The minimum atomic E-state index is -4.97. The Balaban J connectivity index is 2.15. The number of benzene rings is 2. The third kappa shape index (κ3) is 8.85. The molecule has 0 bridgehead atoms. The number of halogens is 7. The predicted molar refractivity (Wildman–Crippen MR) is 109 cm³/mol. The van der Waals surface area contributed by atoms with Crippen LogP contribution in [-0.2, 0) is 28.4 Å². The van der Waals surface area contributed by atoms with Gasteiger partial charge in [0.1, 0.15) is 11.4 Å². The lowest BCUT2D eigenvalue weighted by Gasteiger charge is -2.22. The lowest BCUT2D eigenvalue weighted by Crippen LogP contribution is -2.35. The van der Waals surface area contributed by atoms with Crippen molar-refractivity contribution in [3.63, 3.8) is 0 Å². The van der Waals surface area contributed by atoms with Gasteiger partial charge < -0.3 is 14.8 Å². The van der Waals surface area contributed by atoms with Gasteiger partial charge in [0.25, 0.3) is 0 Å². The molecule has 1 atom stereocenters. The number of amides is 1. The van der Waals surface area contributed by atoms with Gasteiger partial charge in [0.05, 0.1) is 24.3 Å². The van der Waals surface area contributed by atoms with Gasteiger partial charge in [-0.05, 0) is 62.2 Å². The molecule has 1 amide bonds. The monoisotopic (exact) mass is 495 g/mol. The summed E-state index contributed by atoms with van der Waals surface area (Å²) in [7, 11) is 0. The van der Waals surface area contributed by atoms with Gasteiger partial charge in [0.15, 0.2) is 0 Å². The summed E-state index contributed by atoms with van der Waals surface area (Å²) in [5.74, 6) is -1.09. The lowest BCUT2D eigenvalue weighted by atomic mass is 10.00. The van der Waals surface area contributed by atoms with Gasteiger partial charge >= 0.3 is 18.4 Å². The Bertz CT molecular complexity index is 932. The molecule has 1 unspecified atom stereocenters. The zero-order chi connectivity index (χ0) is 25.7. The first-order chi connectivity index (χ1) is 15.5. The molecule has 188 valence electrons. The Hall–Kier alpha value is -2.82. The lowest BCUT2D eigenvalue weighted by molar-refractivity contribution is -0.143. The van der Waals surface area contributed by atoms with Gasteiger partial charge in [-0.25, -0.2) is 9.18 Å². The van der Waals surface area contributed by atoms with Crippen LogP contribution in [0.4, 0.5) is 35.5 Å². The van der Waals surface area contributed by atoms with Crippen LogP contribution in [-0.4, -0.2) is 24.8 Å². The van der Waals surface area contributed by atoms with Crippen molar-refractivity contribution in [2.24, 2.45) is 0 Å². The summed E-state index contributed by atoms with van der Waals surface area (Å²) < 4.78 is 102. The number of carbonyl (C=O) groups is 1. The van der Waals surface area contributed by atoms with E-state index in [0.29, 0.717) is 17.7 Å². The van der Waals surface area contributed by atoms with E-state index in [1.165, 1.54) is 24.3 Å². The summed E-state index contributed by atoms with van der Waals surface area (Å²) in [6.45, 7) is 4.24. The normalized spacial score (nSPS) is 13.5. The van der Waals surface area contributed by atoms with Crippen LogP contribution in [0.1, 0.15) is 48.9 Å². The van der Waals surface area contributed by atoms with E-state index in [9.17, 15) is 35.5 Å². The van der Waals surface area contributed by atoms with E-state index in [0.717, 1.165) is 0 Å². The van der Waals surface area contributed by atoms with Crippen LogP contribution in [0.5, 0.6) is 0 Å². The molecule has 2 aromatic carbocycles. The first-order valence-corrected chi connectivity index (χ1v) is 10.1. The Morgan fingerprint density at radius 1 is 0.912 bits per heavy atom. The molecular formula is C23H24F7NO3. The van der Waals surface area contributed by atoms with Crippen LogP contribution < -0.4 is 5.32 Å². The van der Waals surface area contributed by atoms with Crippen molar-refractivity contribution in [1.29, 1.82) is 0 Å². The van der Waals surface area contributed by atoms with Crippen molar-refractivity contribution in [3.05, 3.63) is 70.5 Å². The molecule has 0 spiro atoms. The first-order valence-electron chi connectivity index (χ1n) is 10.1. The number of rotatable bonds is 7. The molecular weight excluding hydrogens is 471 g/mol. The van der Waals surface area contributed by atoms with E-state index < -0.39 is 53.5 Å². The minimum Gasteiger partial charge on any atom is -0.444 e. The maximum absolute atomic E-state index is 13.3. The molecule has 11 heteroatoms. The molecule has 34 heavy (non-hydrogen) atoms. The highest BCUT2D eigenvalue weighted by Gasteiger charge is 2.36. The second-order valence-electron chi connectivity index (χ2n) is 8.56. The summed E-state index contributed by atoms with van der Waals surface area (Å²) >= 11 is 0. The number of hydrogen-bond acceptors (Lipinski definition) is 3. The van der Waals surface area contributed by atoms with Gasteiger partial charge in [-0.1, -0.05) is 12.1 Å². The van der Waals surface area contributed by atoms with Gasteiger partial charge in [-0.15, -0.1) is 0 Å². The fourth-order valence-corrected chi connectivity index (χ4v) is 2.95. The maximum atomic E-state index is 13.3. The topological polar surface area (TPSA) is 47.6 Å². The average Bonchev–Trinajstić information content (AvgIpc) is 2.68. The van der Waals surface area contributed by atoms with Gasteiger partial charge in [0.2, 0.25) is 0 Å². The zero-order valence-corrected chi connectivity index (χ0v) is 18.6. The number of alkyl halides is 6. The third-order valence-electron chi connectivity index (χ3n) is 4.47. The van der Waals surface area contributed by atoms with Crippen molar-refractivity contribution >= 4 is 6.09 Å². The smallest absolute Gasteiger partial charge is 0.416 e. The van der Waals surface area contributed by atoms with Gasteiger partial charge in [-0.3, -0.25) is 0 Å². The Morgan fingerprint density at radius 3 is 1.91 bits per heavy atom. The molecule has 0 fully saturated rings. The standard InChI is InChI=1S/C23H24F7NO3/c1-21(2,3)34-20(32)31-11-16(15-4-6-19(24)7-5-15)13-33-12-14-8-17(22(25,26)27)10-18(9-14)23(28,29)30/h4-10,16H,11-13H2,1-3H3,(H,31,32). The molecule has 2 aromatic rings. The van der Waals surface area contributed by atoms with Crippen molar-refractivity contribution in [3.8, 4) is 0 Å². The molecule has 1 N–H and O–H groups in total. The van der Waals surface area contributed by atoms with Crippen molar-refractivity contribution in [2.75, 3.05) is 13.2 Å². The predicted octanol–water partition coefficient (Wildman–Crippen LogP) is 6.69. The van der Waals surface area contributed by atoms with E-state index in [4.69, 9.17) is 9.47 Å². The molecule has 0 aliphatic rings. The van der Waals surface area contributed by atoms with Crippen LogP contribution in [0.2, 0.25) is 0 Å². The van der Waals surface area contributed by atoms with E-state index >= 15 is 0 Å². The van der Waals surface area contributed by atoms with Crippen LogP contribution in [0.15, 0.2) is 42.5 Å². The summed E-state index contributed by atoms with van der Waals surface area (Å²) in [6.07, 6.45) is -10.7. The number of hydrogen-bond donors (Lipinski definition) is 1. The van der Waals surface area contributed by atoms with Crippen molar-refractivity contribution in [2.45, 2.75) is 51.2 Å². The van der Waals surface area contributed by atoms with Crippen molar-refractivity contribution < 1.29 is 45.0 Å². The summed E-state index contributed by atoms with van der Waals surface area (Å²) in [6, 6.07) is 6.44. The molecule has 0 aliphatic heterocycles. The maximum Gasteiger partial charge on any atom is 0.416 e. The second-order valence-corrected chi connectivity index (χ2v) is 8.56. The van der Waals surface area contributed by atoms with E-state index in [1.54, 1.807) is 20.8 Å². The highest BCUT2D eigenvalue weighted by Crippen LogP contribution is 2.36. The summed E-state index contributed by atoms with van der Waals surface area (Å²) in [4.78, 5) is 12.0. The molecule has 0 aromatic heterocycles. The first kappa shape index (κ1) is 27.4. The fraction of sp³-hybridized carbons (Fsp3) is 0.435. The van der Waals surface area contributed by atoms with Crippen molar-refractivity contribution in [1.82, 2.24) is 5.32 Å². The van der Waals surface area contributed by atoms with Crippen LogP contribution in [0.25, 0.3) is 0 Å². The Kier molecular flexibility index (Phi) is 8.57. The average molecular weight is 495 g/mol. The quantitative estimate of drug-likeness (QED) is 0.436. The SMILES string of the molecule is CC(C)(C)OC(=O)NCC(COCc1cc(C(F)(F)F)cc(C(F)(F)F)c1)c1ccc(F)cc1. The molecule has 0 saturated heterocycles. The van der Waals surface area contributed by atoms with E-state index in [2.05, 4.69) is 5.32 Å². The highest BCUT2D eigenvalue weighted by molar-refractivity contribution is 5.67. The largest absolute Gasteiger partial charge is 0.444 e. The molecule has 0 radical (unpaired) electrons. The summed E-state index contributed by atoms with van der Waals surface area (Å²) in [5.41, 5.74) is -3.42. The molecule has 0 aliphatic carbocycles. The van der Waals surface area contributed by atoms with Gasteiger partial charge in [-0.2, -0.15) is 26.3 Å². The Labute approximate surface area is 192 Å². The highest BCUT2D eigenvalue weighted by atomic mass is 19.4. The molecule has 0 heterocycles. The third-order valence-corrected chi connectivity index (χ3v) is 4.47. The molecule has 0 saturated carbocycles. The van der Waals surface area contributed by atoms with Crippen LogP contribution in [0.3, 0.4) is 0 Å². The molecule has 4 nitrogen and oxygen atoms in total. The number of nitrogens with one attached hydrogen (secondary N) is 1. The van der Waals surface area contributed by atoms with E-state index in [1.807, 2.05) is 0 Å².